The fourth-order valence-corrected chi connectivity index (χ4v) is 0.999. The highest BCUT2D eigenvalue weighted by atomic mass is 14.7. The van der Waals surface area contributed by atoms with Crippen molar-refractivity contribution in [2.75, 3.05) is 0 Å². The monoisotopic (exact) mass is 160 g/mol. The molecule has 2 nitrogen and oxygen atoms in total. The molecule has 0 amide bonds. The maximum absolute atomic E-state index is 5.55. The molecule has 0 fully saturated rings. The third-order valence-electron chi connectivity index (χ3n) is 1.49. The van der Waals surface area contributed by atoms with Gasteiger partial charge >= 0.3 is 0 Å². The molecule has 0 spiro atoms. The number of hydrogen-bond acceptors (Lipinski definition) is 2. The number of benzene rings is 1. The highest BCUT2D eigenvalue weighted by Gasteiger charge is 1.94. The van der Waals surface area contributed by atoms with E-state index < -0.39 is 0 Å². The standard InChI is InChI=1S/C10H12N2/c1-8(11)7-9-5-3-4-6-10(9)12-2/h3-7H,2,11H2,1H3/b8-7+. The van der Waals surface area contributed by atoms with Crippen molar-refractivity contribution in [3.8, 4) is 0 Å². The van der Waals surface area contributed by atoms with Gasteiger partial charge in [0.05, 0.1) is 5.69 Å². The Morgan fingerprint density at radius 1 is 1.50 bits per heavy atom. The number of rotatable bonds is 2. The van der Waals surface area contributed by atoms with E-state index in [0.29, 0.717) is 0 Å². The predicted octanol–water partition coefficient (Wildman–Crippen LogP) is 2.34. The Morgan fingerprint density at radius 2 is 2.17 bits per heavy atom. The molecule has 2 heteroatoms. The maximum Gasteiger partial charge on any atom is 0.0695 e. The van der Waals surface area contributed by atoms with Gasteiger partial charge in [-0.25, -0.2) is 0 Å². The highest BCUT2D eigenvalue weighted by Crippen LogP contribution is 2.19. The first-order chi connectivity index (χ1) is 5.74. The number of hydrogen-bond donors (Lipinski definition) is 1. The zero-order valence-corrected chi connectivity index (χ0v) is 7.12. The number of nitrogens with zero attached hydrogens (tertiary/aromatic N) is 1. The number of aliphatic imine (C=N–C) groups is 1. The van der Waals surface area contributed by atoms with Crippen LogP contribution in [0.4, 0.5) is 5.69 Å². The molecule has 2 N–H and O–H groups in total. The molecule has 0 saturated heterocycles. The van der Waals surface area contributed by atoms with E-state index in [0.717, 1.165) is 16.9 Å². The van der Waals surface area contributed by atoms with Crippen LogP contribution in [0.3, 0.4) is 0 Å². The summed E-state index contributed by atoms with van der Waals surface area (Å²) in [6.07, 6.45) is 1.88. The van der Waals surface area contributed by atoms with Crippen molar-refractivity contribution in [2.45, 2.75) is 6.92 Å². The second kappa shape index (κ2) is 3.72. The van der Waals surface area contributed by atoms with Gasteiger partial charge in [-0.2, -0.15) is 0 Å². The Labute approximate surface area is 72.4 Å². The fourth-order valence-electron chi connectivity index (χ4n) is 0.999. The molecule has 0 aliphatic carbocycles. The molecule has 1 rings (SSSR count). The van der Waals surface area contributed by atoms with E-state index in [2.05, 4.69) is 11.7 Å². The lowest BCUT2D eigenvalue weighted by atomic mass is 10.1. The van der Waals surface area contributed by atoms with Crippen LogP contribution in [0.15, 0.2) is 35.0 Å². The summed E-state index contributed by atoms with van der Waals surface area (Å²) in [5.41, 5.74) is 8.19. The van der Waals surface area contributed by atoms with Gasteiger partial charge < -0.3 is 5.73 Å². The van der Waals surface area contributed by atoms with Crippen LogP contribution in [-0.4, -0.2) is 6.72 Å². The molecule has 12 heavy (non-hydrogen) atoms. The Balaban J connectivity index is 3.14. The molecule has 1 aromatic carbocycles. The van der Waals surface area contributed by atoms with Gasteiger partial charge in [-0.15, -0.1) is 0 Å². The van der Waals surface area contributed by atoms with Crippen LogP contribution >= 0.6 is 0 Å². The molecule has 0 atom stereocenters. The van der Waals surface area contributed by atoms with Gasteiger partial charge in [0.2, 0.25) is 0 Å². The first-order valence-electron chi connectivity index (χ1n) is 3.73. The Hall–Kier alpha value is -1.57. The van der Waals surface area contributed by atoms with Crippen molar-refractivity contribution in [1.82, 2.24) is 0 Å². The summed E-state index contributed by atoms with van der Waals surface area (Å²) in [6, 6.07) is 7.73. The molecule has 0 aliphatic heterocycles. The van der Waals surface area contributed by atoms with E-state index in [1.807, 2.05) is 37.3 Å². The molecule has 0 heterocycles. The number of allylic oxidation sites excluding steroid dienone is 1. The fraction of sp³-hybridized carbons (Fsp3) is 0.100. The van der Waals surface area contributed by atoms with Crippen molar-refractivity contribution < 1.29 is 0 Å². The van der Waals surface area contributed by atoms with Crippen molar-refractivity contribution in [2.24, 2.45) is 10.7 Å². The summed E-state index contributed by atoms with van der Waals surface area (Å²) in [5.74, 6) is 0. The van der Waals surface area contributed by atoms with E-state index in [9.17, 15) is 0 Å². The molecular weight excluding hydrogens is 148 g/mol. The van der Waals surface area contributed by atoms with Gasteiger partial charge in [-0.3, -0.25) is 4.99 Å². The van der Waals surface area contributed by atoms with Crippen molar-refractivity contribution in [3.63, 3.8) is 0 Å². The third kappa shape index (κ3) is 1.95. The van der Waals surface area contributed by atoms with Gasteiger partial charge in [0, 0.05) is 11.3 Å². The molecule has 1 aromatic rings. The third-order valence-corrected chi connectivity index (χ3v) is 1.49. The van der Waals surface area contributed by atoms with Crippen molar-refractivity contribution in [1.29, 1.82) is 0 Å². The van der Waals surface area contributed by atoms with Gasteiger partial charge in [0.15, 0.2) is 0 Å². The number of para-hydroxylation sites is 1. The minimum atomic E-state index is 0.770. The summed E-state index contributed by atoms with van der Waals surface area (Å²) in [5, 5.41) is 0. The van der Waals surface area contributed by atoms with Gasteiger partial charge in [-0.05, 0) is 25.8 Å². The van der Waals surface area contributed by atoms with E-state index in [1.165, 1.54) is 0 Å². The highest BCUT2D eigenvalue weighted by molar-refractivity contribution is 5.66. The van der Waals surface area contributed by atoms with Gasteiger partial charge in [0.25, 0.3) is 0 Å². The van der Waals surface area contributed by atoms with Crippen LogP contribution in [0.1, 0.15) is 12.5 Å². The Bertz CT molecular complexity index is 309. The summed E-state index contributed by atoms with van der Waals surface area (Å²) < 4.78 is 0. The summed E-state index contributed by atoms with van der Waals surface area (Å²) in [6.45, 7) is 5.33. The van der Waals surface area contributed by atoms with Gasteiger partial charge in [-0.1, -0.05) is 18.2 Å². The molecule has 0 radical (unpaired) electrons. The summed E-state index contributed by atoms with van der Waals surface area (Å²) in [7, 11) is 0. The van der Waals surface area contributed by atoms with E-state index in [4.69, 9.17) is 5.73 Å². The van der Waals surface area contributed by atoms with Crippen molar-refractivity contribution in [3.05, 3.63) is 35.5 Å². The molecule has 62 valence electrons. The Morgan fingerprint density at radius 3 is 2.75 bits per heavy atom. The van der Waals surface area contributed by atoms with Crippen LogP contribution in [0, 0.1) is 0 Å². The first-order valence-corrected chi connectivity index (χ1v) is 3.73. The minimum absolute atomic E-state index is 0.770. The van der Waals surface area contributed by atoms with Crippen molar-refractivity contribution >= 4 is 18.5 Å². The normalized spacial score (nSPS) is 11.2. The van der Waals surface area contributed by atoms with Crippen LogP contribution < -0.4 is 5.73 Å². The molecule has 0 unspecified atom stereocenters. The lowest BCUT2D eigenvalue weighted by Gasteiger charge is -1.99. The Kier molecular flexibility index (Phi) is 2.64. The number of nitrogens with two attached hydrogens (primary N) is 1. The lowest BCUT2D eigenvalue weighted by molar-refractivity contribution is 1.34. The minimum Gasteiger partial charge on any atom is -0.402 e. The predicted molar refractivity (Wildman–Crippen MR) is 53.5 cm³/mol. The average molecular weight is 160 g/mol. The topological polar surface area (TPSA) is 38.4 Å². The van der Waals surface area contributed by atoms with Crippen LogP contribution in [0.5, 0.6) is 0 Å². The molecular formula is C10H12N2. The molecule has 0 saturated carbocycles. The van der Waals surface area contributed by atoms with Crippen LogP contribution in [0.2, 0.25) is 0 Å². The van der Waals surface area contributed by atoms with E-state index >= 15 is 0 Å². The van der Waals surface area contributed by atoms with E-state index in [1.54, 1.807) is 0 Å². The summed E-state index contributed by atoms with van der Waals surface area (Å²) in [4.78, 5) is 3.87. The van der Waals surface area contributed by atoms with Crippen LogP contribution in [0.25, 0.3) is 6.08 Å². The zero-order valence-electron chi connectivity index (χ0n) is 7.12. The largest absolute Gasteiger partial charge is 0.402 e. The smallest absolute Gasteiger partial charge is 0.0695 e. The quantitative estimate of drug-likeness (QED) is 0.662. The summed E-state index contributed by atoms with van der Waals surface area (Å²) >= 11 is 0. The first kappa shape index (κ1) is 8.53. The second-order valence-corrected chi connectivity index (χ2v) is 2.61. The average Bonchev–Trinajstić information content (AvgIpc) is 2.04. The van der Waals surface area contributed by atoms with Crippen LogP contribution in [-0.2, 0) is 0 Å². The maximum atomic E-state index is 5.55. The second-order valence-electron chi connectivity index (χ2n) is 2.61. The zero-order chi connectivity index (χ0) is 8.97. The lowest BCUT2D eigenvalue weighted by Crippen LogP contribution is -1.89. The van der Waals surface area contributed by atoms with Gasteiger partial charge in [0.1, 0.15) is 0 Å². The molecule has 0 aliphatic rings. The van der Waals surface area contributed by atoms with E-state index in [-0.39, 0.29) is 0 Å². The molecule has 0 bridgehead atoms. The molecule has 0 aromatic heterocycles. The SMILES string of the molecule is C=Nc1ccccc1/C=C(\C)N.